The predicted octanol–water partition coefficient (Wildman–Crippen LogP) is 1.67. The van der Waals surface area contributed by atoms with Gasteiger partial charge in [0.05, 0.1) is 10.1 Å². The zero-order valence-electron chi connectivity index (χ0n) is 17.0. The third-order valence-electron chi connectivity index (χ3n) is 3.95. The Kier molecular flexibility index (Phi) is 27.5. The van der Waals surface area contributed by atoms with E-state index in [4.69, 9.17) is 0 Å². The van der Waals surface area contributed by atoms with Crippen LogP contribution in [-0.2, 0) is 14.9 Å². The summed E-state index contributed by atoms with van der Waals surface area (Å²) in [7, 11) is -3.99. The van der Waals surface area contributed by atoms with Gasteiger partial charge in [0, 0.05) is 5.75 Å². The summed E-state index contributed by atoms with van der Waals surface area (Å²) in [5, 5.41) is 0. The fourth-order valence-corrected chi connectivity index (χ4v) is 3.03. The molecule has 1 amide bonds. The van der Waals surface area contributed by atoms with Gasteiger partial charge in [0.25, 0.3) is 0 Å². The Balaban J connectivity index is -0.000000772. The number of nitrogens with two attached hydrogens (primary N) is 1. The molecule has 0 aliphatic rings. The zero-order chi connectivity index (χ0) is 19.4. The van der Waals surface area contributed by atoms with E-state index in [-0.39, 0.29) is 35.3 Å². The van der Waals surface area contributed by atoms with Crippen LogP contribution in [0.3, 0.4) is 0 Å². The second-order valence-electron chi connectivity index (χ2n) is 6.46. The van der Waals surface area contributed by atoms with Gasteiger partial charge in [0.1, 0.15) is 0 Å². The Hall–Kier alpha value is 0.120. The number of primary amides is 1. The van der Waals surface area contributed by atoms with Crippen molar-refractivity contribution >= 4 is 16.0 Å². The number of amides is 1. The van der Waals surface area contributed by atoms with Crippen LogP contribution < -0.4 is 35.3 Å². The second-order valence-corrected chi connectivity index (χ2v) is 7.99. The molecule has 0 rings (SSSR count). The molecule has 0 aromatic carbocycles. The van der Waals surface area contributed by atoms with Crippen molar-refractivity contribution in [3.05, 3.63) is 12.7 Å². The maximum atomic E-state index is 10.4. The number of carbonyl (C=O) groups is 1. The molecular formula is C19H38NNaO4S. The van der Waals surface area contributed by atoms with Gasteiger partial charge in [0.15, 0.2) is 0 Å². The van der Waals surface area contributed by atoms with Gasteiger partial charge in [-0.2, -0.15) is 0 Å². The first-order valence-electron chi connectivity index (χ1n) is 9.69. The molecular weight excluding hydrogens is 361 g/mol. The summed E-state index contributed by atoms with van der Waals surface area (Å²) in [4.78, 5) is 9.47. The van der Waals surface area contributed by atoms with Gasteiger partial charge in [-0.1, -0.05) is 97.0 Å². The molecule has 0 spiro atoms. The molecule has 0 aliphatic heterocycles. The van der Waals surface area contributed by atoms with Crippen molar-refractivity contribution in [3.8, 4) is 0 Å². The molecule has 0 radical (unpaired) electrons. The summed E-state index contributed by atoms with van der Waals surface area (Å²) < 4.78 is 31.2. The Morgan fingerprint density at radius 3 is 1.35 bits per heavy atom. The molecule has 0 saturated carbocycles. The van der Waals surface area contributed by atoms with Crippen LogP contribution in [-0.4, -0.2) is 24.6 Å². The Bertz CT molecular complexity index is 414. The molecule has 0 saturated heterocycles. The third kappa shape index (κ3) is 35.3. The maximum absolute atomic E-state index is 10.4. The van der Waals surface area contributed by atoms with E-state index in [1.165, 1.54) is 70.6 Å². The minimum absolute atomic E-state index is 0. The molecule has 26 heavy (non-hydrogen) atoms. The molecule has 7 heteroatoms. The summed E-state index contributed by atoms with van der Waals surface area (Å²) in [5.74, 6) is -0.671. The number of rotatable bonds is 16. The molecule has 0 atom stereocenters. The van der Waals surface area contributed by atoms with Gasteiger partial charge in [0.2, 0.25) is 5.91 Å². The summed E-state index contributed by atoms with van der Waals surface area (Å²) in [6.07, 6.45) is 18.2. The van der Waals surface area contributed by atoms with Gasteiger partial charge in [-0.05, 0) is 12.5 Å². The van der Waals surface area contributed by atoms with Crippen LogP contribution in [0.15, 0.2) is 12.7 Å². The first-order valence-corrected chi connectivity index (χ1v) is 11.3. The minimum Gasteiger partial charge on any atom is -0.748 e. The summed E-state index contributed by atoms with van der Waals surface area (Å²) in [6.45, 7) is 5.34. The van der Waals surface area contributed by atoms with Gasteiger partial charge in [-0.15, -0.1) is 0 Å². The third-order valence-corrected chi connectivity index (χ3v) is 4.74. The molecule has 0 fully saturated rings. The average Bonchev–Trinajstić information content (AvgIpc) is 2.54. The smallest absolute Gasteiger partial charge is 0.748 e. The Labute approximate surface area is 183 Å². The van der Waals surface area contributed by atoms with E-state index >= 15 is 0 Å². The molecule has 5 nitrogen and oxygen atoms in total. The van der Waals surface area contributed by atoms with Crippen molar-refractivity contribution in [1.82, 2.24) is 0 Å². The molecule has 0 aromatic rings. The van der Waals surface area contributed by atoms with Gasteiger partial charge in [-0.3, -0.25) is 4.79 Å². The van der Waals surface area contributed by atoms with Crippen molar-refractivity contribution < 1.29 is 47.3 Å². The monoisotopic (exact) mass is 399 g/mol. The first-order chi connectivity index (χ1) is 11.8. The first kappa shape index (κ1) is 30.8. The minimum atomic E-state index is -3.99. The number of carbonyl (C=O) groups excluding carboxylic acids is 1. The van der Waals surface area contributed by atoms with Gasteiger partial charge in [-0.25, -0.2) is 8.42 Å². The van der Waals surface area contributed by atoms with E-state index in [0.717, 1.165) is 18.9 Å². The fraction of sp³-hybridized carbons (Fsp3) is 0.842. The van der Waals surface area contributed by atoms with E-state index in [1.807, 2.05) is 0 Å². The zero-order valence-corrected chi connectivity index (χ0v) is 19.8. The largest absolute Gasteiger partial charge is 1.00 e. The average molecular weight is 400 g/mol. The van der Waals surface area contributed by atoms with Crippen molar-refractivity contribution in [2.24, 2.45) is 5.73 Å². The van der Waals surface area contributed by atoms with E-state index in [0.29, 0.717) is 6.42 Å². The topological polar surface area (TPSA) is 100 Å². The molecule has 150 valence electrons. The molecule has 2 N–H and O–H groups in total. The molecule has 0 aliphatic carbocycles. The summed E-state index contributed by atoms with van der Waals surface area (Å²) >= 11 is 0. The summed E-state index contributed by atoms with van der Waals surface area (Å²) in [6, 6.07) is 0. The molecule has 0 aromatic heterocycles. The van der Waals surface area contributed by atoms with E-state index in [2.05, 4.69) is 19.2 Å². The van der Waals surface area contributed by atoms with E-state index < -0.39 is 16.0 Å². The van der Waals surface area contributed by atoms with Crippen molar-refractivity contribution in [2.75, 3.05) is 5.75 Å². The van der Waals surface area contributed by atoms with Crippen molar-refractivity contribution in [3.63, 3.8) is 0 Å². The quantitative estimate of drug-likeness (QED) is 0.185. The Morgan fingerprint density at radius 1 is 0.846 bits per heavy atom. The van der Waals surface area contributed by atoms with Crippen LogP contribution >= 0.6 is 0 Å². The van der Waals surface area contributed by atoms with Crippen molar-refractivity contribution in [1.29, 1.82) is 0 Å². The van der Waals surface area contributed by atoms with Crippen LogP contribution in [0.2, 0.25) is 0 Å². The molecule has 0 heterocycles. The predicted molar refractivity (Wildman–Crippen MR) is 104 cm³/mol. The standard InChI is InChI=1S/C16H34O3S.C3H5NO.Na/c1-2-3-4-5-6-7-8-9-10-11-12-13-14-15-16-20(17,18)19;1-2-3(4)5;/h2-16H2,1H3,(H,17,18,19);2H,1H2,(H2,4,5);/q;;+1/p-1. The number of hydrogen-bond acceptors (Lipinski definition) is 4. The van der Waals surface area contributed by atoms with Gasteiger partial charge >= 0.3 is 29.6 Å². The van der Waals surface area contributed by atoms with Crippen LogP contribution in [0.4, 0.5) is 0 Å². The van der Waals surface area contributed by atoms with E-state index in [1.54, 1.807) is 0 Å². The van der Waals surface area contributed by atoms with Crippen LogP contribution in [0, 0.1) is 0 Å². The van der Waals surface area contributed by atoms with Crippen LogP contribution in [0.1, 0.15) is 96.8 Å². The molecule has 0 bridgehead atoms. The Morgan fingerprint density at radius 2 is 1.12 bits per heavy atom. The van der Waals surface area contributed by atoms with Crippen LogP contribution in [0.5, 0.6) is 0 Å². The summed E-state index contributed by atoms with van der Waals surface area (Å²) in [5.41, 5.74) is 4.53. The number of unbranched alkanes of at least 4 members (excludes halogenated alkanes) is 13. The maximum Gasteiger partial charge on any atom is 1.00 e. The SMILES string of the molecule is C=CC(N)=O.CCCCCCCCCCCCCCCCS(=O)(=O)[O-].[Na+]. The van der Waals surface area contributed by atoms with Crippen LogP contribution in [0.25, 0.3) is 0 Å². The fourth-order valence-electron chi connectivity index (χ4n) is 2.47. The van der Waals surface area contributed by atoms with Crippen molar-refractivity contribution in [2.45, 2.75) is 96.8 Å². The normalized spacial score (nSPS) is 10.4. The van der Waals surface area contributed by atoms with E-state index in [9.17, 15) is 17.8 Å². The number of hydrogen-bond donors (Lipinski definition) is 1. The van der Waals surface area contributed by atoms with Gasteiger partial charge < -0.3 is 10.3 Å². The molecule has 0 unspecified atom stereocenters. The second kappa shape index (κ2) is 23.2.